The van der Waals surface area contributed by atoms with Crippen LogP contribution in [0.3, 0.4) is 0 Å². The lowest BCUT2D eigenvalue weighted by molar-refractivity contribution is -0.104. The van der Waals surface area contributed by atoms with Gasteiger partial charge in [0, 0.05) is 11.5 Å². The summed E-state index contributed by atoms with van der Waals surface area (Å²) in [6.07, 6.45) is 10.7. The number of carbonyl (C=O) groups excluding carboxylic acids is 1. The van der Waals surface area contributed by atoms with Crippen molar-refractivity contribution >= 4 is 6.29 Å². The van der Waals surface area contributed by atoms with E-state index in [1.54, 1.807) is 18.2 Å². The third kappa shape index (κ3) is 1.47. The van der Waals surface area contributed by atoms with E-state index in [-0.39, 0.29) is 5.92 Å². The van der Waals surface area contributed by atoms with E-state index >= 15 is 0 Å². The minimum atomic E-state index is 0.265. The molecule has 1 atom stereocenters. The lowest BCUT2D eigenvalue weighted by Crippen LogP contribution is -2.07. The van der Waals surface area contributed by atoms with Crippen LogP contribution in [0, 0.1) is 5.92 Å². The van der Waals surface area contributed by atoms with Gasteiger partial charge < -0.3 is 5.11 Å². The Balaban J connectivity index is 2.31. The molecule has 0 heterocycles. The number of aldehydes is 1. The maximum Gasteiger partial charge on any atom is 0.149 e. The fraction of sp³-hybridized carbons (Fsp3) is 0.182. The summed E-state index contributed by atoms with van der Waals surface area (Å²) in [5.41, 5.74) is 1.79. The summed E-state index contributed by atoms with van der Waals surface area (Å²) in [6.45, 7) is 0. The molecule has 13 heavy (non-hydrogen) atoms. The Bertz CT molecular complexity index is 356. The van der Waals surface area contributed by atoms with Gasteiger partial charge in [0.25, 0.3) is 0 Å². The van der Waals surface area contributed by atoms with Crippen LogP contribution in [0.4, 0.5) is 0 Å². The minimum Gasteiger partial charge on any atom is -0.508 e. The molecular formula is C11H10O2. The molecule has 0 bridgehead atoms. The molecule has 0 aromatic heterocycles. The minimum absolute atomic E-state index is 0.265. The smallest absolute Gasteiger partial charge is 0.149 e. The Morgan fingerprint density at radius 3 is 3.08 bits per heavy atom. The van der Waals surface area contributed by atoms with Gasteiger partial charge in [-0.3, -0.25) is 4.79 Å². The fourth-order valence-electron chi connectivity index (χ4n) is 1.62. The van der Waals surface area contributed by atoms with Crippen LogP contribution in [0.5, 0.6) is 0 Å². The Morgan fingerprint density at radius 2 is 2.31 bits per heavy atom. The molecule has 2 aliphatic carbocycles. The summed E-state index contributed by atoms with van der Waals surface area (Å²) in [5.74, 6) is 0.583. The largest absolute Gasteiger partial charge is 0.508 e. The summed E-state index contributed by atoms with van der Waals surface area (Å²) >= 11 is 0. The van der Waals surface area contributed by atoms with E-state index in [1.807, 2.05) is 12.2 Å². The maximum absolute atomic E-state index is 10.5. The summed E-state index contributed by atoms with van der Waals surface area (Å²) in [7, 11) is 0. The van der Waals surface area contributed by atoms with Crippen LogP contribution in [0.1, 0.15) is 6.42 Å². The number of rotatable bonds is 1. The number of carbonyl (C=O) groups is 1. The van der Waals surface area contributed by atoms with Crippen molar-refractivity contribution < 1.29 is 9.90 Å². The second kappa shape index (κ2) is 3.05. The van der Waals surface area contributed by atoms with Crippen LogP contribution in [-0.4, -0.2) is 11.4 Å². The molecule has 0 saturated carbocycles. The zero-order valence-corrected chi connectivity index (χ0v) is 7.10. The Labute approximate surface area is 76.6 Å². The summed E-state index contributed by atoms with van der Waals surface area (Å²) in [6, 6.07) is 0. The Kier molecular flexibility index (Phi) is 1.89. The monoisotopic (exact) mass is 174 g/mol. The van der Waals surface area contributed by atoms with Crippen molar-refractivity contribution in [2.24, 2.45) is 5.92 Å². The second-order valence-electron chi connectivity index (χ2n) is 3.23. The first-order valence-electron chi connectivity index (χ1n) is 4.25. The third-order valence-corrected chi connectivity index (χ3v) is 2.32. The fourth-order valence-corrected chi connectivity index (χ4v) is 1.62. The molecule has 1 unspecified atom stereocenters. The van der Waals surface area contributed by atoms with Crippen molar-refractivity contribution in [2.45, 2.75) is 6.42 Å². The molecule has 0 saturated heterocycles. The first-order valence-corrected chi connectivity index (χ1v) is 4.25. The molecule has 0 amide bonds. The van der Waals surface area contributed by atoms with Gasteiger partial charge in [-0.2, -0.15) is 0 Å². The lowest BCUT2D eigenvalue weighted by Gasteiger charge is -2.20. The van der Waals surface area contributed by atoms with Gasteiger partial charge in [0.15, 0.2) is 0 Å². The van der Waals surface area contributed by atoms with Gasteiger partial charge in [0.2, 0.25) is 0 Å². The molecule has 2 aliphatic rings. The van der Waals surface area contributed by atoms with E-state index < -0.39 is 0 Å². The van der Waals surface area contributed by atoms with Crippen LogP contribution in [0.15, 0.2) is 47.3 Å². The highest BCUT2D eigenvalue weighted by molar-refractivity contribution is 5.79. The number of hydrogen-bond donors (Lipinski definition) is 1. The number of aliphatic hydroxyl groups excluding tert-OH is 1. The molecule has 2 nitrogen and oxygen atoms in total. The Morgan fingerprint density at radius 1 is 1.46 bits per heavy atom. The molecule has 0 fully saturated rings. The van der Waals surface area contributed by atoms with Crippen molar-refractivity contribution in [3.05, 3.63) is 47.3 Å². The van der Waals surface area contributed by atoms with Crippen molar-refractivity contribution in [3.63, 3.8) is 0 Å². The van der Waals surface area contributed by atoms with Crippen LogP contribution < -0.4 is 0 Å². The van der Waals surface area contributed by atoms with Crippen LogP contribution in [0.25, 0.3) is 0 Å². The molecule has 0 aromatic rings. The SMILES string of the molecule is O=CC1=CC2CC=C(O)C=C2C=C1. The number of aliphatic hydroxyl groups is 1. The quantitative estimate of drug-likeness (QED) is 0.618. The van der Waals surface area contributed by atoms with E-state index in [0.717, 1.165) is 23.9 Å². The first kappa shape index (κ1) is 8.05. The van der Waals surface area contributed by atoms with E-state index in [1.165, 1.54) is 0 Å². The molecular weight excluding hydrogens is 164 g/mol. The van der Waals surface area contributed by atoms with Crippen LogP contribution >= 0.6 is 0 Å². The number of fused-ring (bicyclic) bond motifs is 1. The van der Waals surface area contributed by atoms with E-state index in [2.05, 4.69) is 0 Å². The van der Waals surface area contributed by atoms with Gasteiger partial charge in [-0.25, -0.2) is 0 Å². The summed E-state index contributed by atoms with van der Waals surface area (Å²) < 4.78 is 0. The number of hydrogen-bond acceptors (Lipinski definition) is 2. The molecule has 0 radical (unpaired) electrons. The number of allylic oxidation sites excluding steroid dienone is 7. The van der Waals surface area contributed by atoms with Crippen molar-refractivity contribution in [2.75, 3.05) is 0 Å². The van der Waals surface area contributed by atoms with Crippen molar-refractivity contribution in [1.82, 2.24) is 0 Å². The van der Waals surface area contributed by atoms with E-state index in [9.17, 15) is 9.90 Å². The highest BCUT2D eigenvalue weighted by atomic mass is 16.3. The highest BCUT2D eigenvalue weighted by Crippen LogP contribution is 2.29. The van der Waals surface area contributed by atoms with Crippen LogP contribution in [0.2, 0.25) is 0 Å². The molecule has 0 aliphatic heterocycles. The molecule has 2 heteroatoms. The summed E-state index contributed by atoms with van der Waals surface area (Å²) in [4.78, 5) is 10.5. The molecule has 0 aromatic carbocycles. The van der Waals surface area contributed by atoms with Gasteiger partial charge in [-0.05, 0) is 24.1 Å². The highest BCUT2D eigenvalue weighted by Gasteiger charge is 2.16. The first-order chi connectivity index (χ1) is 6.29. The van der Waals surface area contributed by atoms with Crippen molar-refractivity contribution in [3.8, 4) is 0 Å². The predicted octanol–water partition coefficient (Wildman–Crippen LogP) is 2.07. The summed E-state index contributed by atoms with van der Waals surface area (Å²) in [5, 5.41) is 9.23. The van der Waals surface area contributed by atoms with Gasteiger partial charge >= 0.3 is 0 Å². The second-order valence-corrected chi connectivity index (χ2v) is 3.23. The van der Waals surface area contributed by atoms with Gasteiger partial charge in [0.1, 0.15) is 12.0 Å². The van der Waals surface area contributed by atoms with Gasteiger partial charge in [-0.15, -0.1) is 0 Å². The zero-order valence-electron chi connectivity index (χ0n) is 7.10. The molecule has 2 rings (SSSR count). The maximum atomic E-state index is 10.5. The van der Waals surface area contributed by atoms with E-state index in [0.29, 0.717) is 5.76 Å². The van der Waals surface area contributed by atoms with E-state index in [4.69, 9.17) is 0 Å². The van der Waals surface area contributed by atoms with Gasteiger partial charge in [-0.1, -0.05) is 18.2 Å². The molecule has 1 N–H and O–H groups in total. The van der Waals surface area contributed by atoms with Crippen LogP contribution in [-0.2, 0) is 4.79 Å². The topological polar surface area (TPSA) is 37.3 Å². The van der Waals surface area contributed by atoms with Gasteiger partial charge in [0.05, 0.1) is 0 Å². The standard InChI is InChI=1S/C11H10O2/c12-7-8-1-2-10-6-11(13)4-3-9(10)5-8/h1-2,4-7,9,13H,3H2. The molecule has 0 spiro atoms. The average Bonchev–Trinajstić information content (AvgIpc) is 2.17. The zero-order chi connectivity index (χ0) is 9.26. The predicted molar refractivity (Wildman–Crippen MR) is 50.2 cm³/mol. The lowest BCUT2D eigenvalue weighted by atomic mass is 9.85. The normalized spacial score (nSPS) is 25.5. The average molecular weight is 174 g/mol. The Hall–Kier alpha value is -1.57. The molecule has 66 valence electrons. The van der Waals surface area contributed by atoms with Crippen molar-refractivity contribution in [1.29, 1.82) is 0 Å². The third-order valence-electron chi connectivity index (χ3n) is 2.32.